The van der Waals surface area contributed by atoms with E-state index in [1.54, 1.807) is 18.2 Å². The minimum atomic E-state index is -0.977. The van der Waals surface area contributed by atoms with Crippen LogP contribution in [0.15, 0.2) is 24.3 Å². The van der Waals surface area contributed by atoms with Gasteiger partial charge in [-0.15, -0.1) is 0 Å². The molecule has 2 nitrogen and oxygen atoms in total. The molecule has 2 saturated carbocycles. The van der Waals surface area contributed by atoms with Crippen LogP contribution in [0.4, 0.5) is 4.39 Å². The number of carbonyl (C=O) groups is 1. The van der Waals surface area contributed by atoms with E-state index >= 15 is 0 Å². The maximum atomic E-state index is 13.9. The van der Waals surface area contributed by atoms with Crippen LogP contribution in [-0.2, 0) is 10.2 Å². The van der Waals surface area contributed by atoms with Crippen LogP contribution < -0.4 is 0 Å². The first-order chi connectivity index (χ1) is 8.58. The molecule has 0 atom stereocenters. The fraction of sp³-hybridized carbons (Fsp3) is 0.533. The van der Waals surface area contributed by atoms with Gasteiger partial charge in [-0.25, -0.2) is 4.39 Å². The van der Waals surface area contributed by atoms with Crippen LogP contribution in [0, 0.1) is 11.2 Å². The van der Waals surface area contributed by atoms with Crippen LogP contribution in [0.3, 0.4) is 0 Å². The first kappa shape index (κ1) is 11.7. The fourth-order valence-electron chi connectivity index (χ4n) is 4.01. The number of rotatable bonds is 2. The summed E-state index contributed by atoms with van der Waals surface area (Å²) in [6, 6.07) is 6.33. The van der Waals surface area contributed by atoms with E-state index in [0.29, 0.717) is 18.4 Å². The molecule has 0 radical (unpaired) electrons. The molecule has 3 rings (SSSR count). The second-order valence-electron chi connectivity index (χ2n) is 5.93. The molecule has 0 aromatic heterocycles. The highest BCUT2D eigenvalue weighted by Crippen LogP contribution is 2.63. The van der Waals surface area contributed by atoms with Crippen LogP contribution in [0.1, 0.15) is 44.1 Å². The number of hydrogen-bond donors (Lipinski definition) is 1. The molecule has 96 valence electrons. The highest BCUT2D eigenvalue weighted by atomic mass is 19.1. The minimum Gasteiger partial charge on any atom is -0.481 e. The van der Waals surface area contributed by atoms with Gasteiger partial charge in [0.15, 0.2) is 0 Å². The predicted molar refractivity (Wildman–Crippen MR) is 65.8 cm³/mol. The number of aliphatic carboxylic acids is 1. The van der Waals surface area contributed by atoms with Gasteiger partial charge in [-0.2, -0.15) is 0 Å². The summed E-state index contributed by atoms with van der Waals surface area (Å²) in [4.78, 5) is 11.6. The number of benzene rings is 1. The average Bonchev–Trinajstić information content (AvgIpc) is 2.76. The third-order valence-electron chi connectivity index (χ3n) is 4.82. The Morgan fingerprint density at radius 3 is 2.33 bits per heavy atom. The molecule has 1 aromatic carbocycles. The van der Waals surface area contributed by atoms with E-state index in [-0.39, 0.29) is 11.2 Å². The van der Waals surface area contributed by atoms with Crippen LogP contribution >= 0.6 is 0 Å². The van der Waals surface area contributed by atoms with E-state index in [1.807, 2.05) is 0 Å². The number of halogens is 1. The normalized spacial score (nSPS) is 23.8. The fourth-order valence-corrected chi connectivity index (χ4v) is 4.01. The first-order valence-electron chi connectivity index (χ1n) is 6.57. The molecule has 1 spiro atoms. The van der Waals surface area contributed by atoms with Crippen molar-refractivity contribution in [1.82, 2.24) is 0 Å². The van der Waals surface area contributed by atoms with Crippen molar-refractivity contribution < 1.29 is 14.3 Å². The lowest BCUT2D eigenvalue weighted by Gasteiger charge is -2.52. The monoisotopic (exact) mass is 248 g/mol. The largest absolute Gasteiger partial charge is 0.481 e. The van der Waals surface area contributed by atoms with Gasteiger partial charge in [-0.3, -0.25) is 4.79 Å². The summed E-state index contributed by atoms with van der Waals surface area (Å²) >= 11 is 0. The molecular weight excluding hydrogens is 231 g/mol. The molecule has 0 saturated heterocycles. The Morgan fingerprint density at radius 1 is 1.17 bits per heavy atom. The smallest absolute Gasteiger partial charge is 0.314 e. The summed E-state index contributed by atoms with van der Waals surface area (Å²) in [6.45, 7) is 0. The minimum absolute atomic E-state index is 0.181. The van der Waals surface area contributed by atoms with Gasteiger partial charge in [-0.1, -0.05) is 31.0 Å². The Morgan fingerprint density at radius 2 is 1.78 bits per heavy atom. The molecule has 0 heterocycles. The van der Waals surface area contributed by atoms with Crippen molar-refractivity contribution in [3.63, 3.8) is 0 Å². The Balaban J connectivity index is 1.96. The van der Waals surface area contributed by atoms with Gasteiger partial charge in [0.05, 0.1) is 5.41 Å². The standard InChI is InChI=1S/C15H17FO2/c16-12-6-2-1-5-11(12)15(13(17)18)9-14(10-15)7-3-4-8-14/h1-2,5-6H,3-4,7-10H2,(H,17,18). The Hall–Kier alpha value is -1.38. The Labute approximate surface area is 106 Å². The van der Waals surface area contributed by atoms with Crippen molar-refractivity contribution in [1.29, 1.82) is 0 Å². The zero-order valence-corrected chi connectivity index (χ0v) is 10.3. The molecule has 0 aliphatic heterocycles. The van der Waals surface area contributed by atoms with E-state index in [2.05, 4.69) is 0 Å². The van der Waals surface area contributed by atoms with Crippen molar-refractivity contribution in [3.05, 3.63) is 35.6 Å². The lowest BCUT2D eigenvalue weighted by molar-refractivity contribution is -0.154. The third-order valence-corrected chi connectivity index (χ3v) is 4.82. The zero-order valence-electron chi connectivity index (χ0n) is 10.3. The summed E-state index contributed by atoms with van der Waals surface area (Å²) in [5.41, 5.74) is -0.425. The summed E-state index contributed by atoms with van der Waals surface area (Å²) in [5, 5.41) is 9.54. The van der Waals surface area contributed by atoms with Crippen molar-refractivity contribution >= 4 is 5.97 Å². The molecule has 0 unspecified atom stereocenters. The Bertz CT molecular complexity index is 481. The molecule has 2 aliphatic carbocycles. The summed E-state index contributed by atoms with van der Waals surface area (Å²) < 4.78 is 13.9. The van der Waals surface area contributed by atoms with Gasteiger partial charge in [0.25, 0.3) is 0 Å². The predicted octanol–water partition coefficient (Wildman–Crippen LogP) is 3.50. The molecule has 0 amide bonds. The molecule has 2 aliphatic rings. The van der Waals surface area contributed by atoms with E-state index in [0.717, 1.165) is 12.8 Å². The SMILES string of the molecule is O=C(O)C1(c2ccccc2F)CC2(CCCC2)C1. The third kappa shape index (κ3) is 1.49. The van der Waals surface area contributed by atoms with E-state index in [9.17, 15) is 14.3 Å². The van der Waals surface area contributed by atoms with Gasteiger partial charge in [0.1, 0.15) is 5.82 Å². The highest BCUT2D eigenvalue weighted by molar-refractivity contribution is 5.83. The quantitative estimate of drug-likeness (QED) is 0.869. The topological polar surface area (TPSA) is 37.3 Å². The van der Waals surface area contributed by atoms with Crippen molar-refractivity contribution in [3.8, 4) is 0 Å². The van der Waals surface area contributed by atoms with Crippen LogP contribution in [0.25, 0.3) is 0 Å². The summed E-state index contributed by atoms with van der Waals surface area (Å²) in [6.07, 6.45) is 5.81. The first-order valence-corrected chi connectivity index (χ1v) is 6.57. The second kappa shape index (κ2) is 3.81. The molecule has 0 bridgehead atoms. The maximum absolute atomic E-state index is 13.9. The Kier molecular flexibility index (Phi) is 2.47. The number of hydrogen-bond acceptors (Lipinski definition) is 1. The lowest BCUT2D eigenvalue weighted by Crippen LogP contribution is -2.53. The molecule has 18 heavy (non-hydrogen) atoms. The molecule has 3 heteroatoms. The van der Waals surface area contributed by atoms with Crippen molar-refractivity contribution in [2.24, 2.45) is 5.41 Å². The van der Waals surface area contributed by atoms with Gasteiger partial charge in [0.2, 0.25) is 0 Å². The van der Waals surface area contributed by atoms with Crippen LogP contribution in [0.5, 0.6) is 0 Å². The molecule has 2 fully saturated rings. The summed E-state index contributed by atoms with van der Waals surface area (Å²) in [5.74, 6) is -1.25. The molecule has 1 aromatic rings. The zero-order chi connectivity index (χ0) is 12.8. The molecule has 1 N–H and O–H groups in total. The van der Waals surface area contributed by atoms with Gasteiger partial charge in [0, 0.05) is 5.56 Å². The number of carboxylic acid groups (broad SMARTS) is 1. The maximum Gasteiger partial charge on any atom is 0.314 e. The average molecular weight is 248 g/mol. The van der Waals surface area contributed by atoms with E-state index in [4.69, 9.17) is 0 Å². The van der Waals surface area contributed by atoms with Crippen molar-refractivity contribution in [2.75, 3.05) is 0 Å². The number of carboxylic acids is 1. The van der Waals surface area contributed by atoms with Crippen LogP contribution in [0.2, 0.25) is 0 Å². The van der Waals surface area contributed by atoms with Crippen LogP contribution in [-0.4, -0.2) is 11.1 Å². The van der Waals surface area contributed by atoms with Gasteiger partial charge >= 0.3 is 5.97 Å². The van der Waals surface area contributed by atoms with E-state index in [1.165, 1.54) is 18.9 Å². The highest BCUT2D eigenvalue weighted by Gasteiger charge is 2.60. The second-order valence-corrected chi connectivity index (χ2v) is 5.93. The van der Waals surface area contributed by atoms with Gasteiger partial charge < -0.3 is 5.11 Å². The lowest BCUT2D eigenvalue weighted by atomic mass is 9.49. The summed E-state index contributed by atoms with van der Waals surface area (Å²) in [7, 11) is 0. The van der Waals surface area contributed by atoms with Crippen molar-refractivity contribution in [2.45, 2.75) is 43.9 Å². The molecular formula is C15H17FO2. The van der Waals surface area contributed by atoms with E-state index < -0.39 is 11.4 Å². The van der Waals surface area contributed by atoms with Gasteiger partial charge in [-0.05, 0) is 37.2 Å².